The minimum absolute atomic E-state index is 0.253. The van der Waals surface area contributed by atoms with Crippen LogP contribution in [0.3, 0.4) is 0 Å². The van der Waals surface area contributed by atoms with Crippen LogP contribution in [-0.2, 0) is 9.53 Å². The molecule has 1 rings (SSSR count). The molecule has 0 unspecified atom stereocenters. The van der Waals surface area contributed by atoms with Crippen molar-refractivity contribution >= 4 is 5.97 Å². The summed E-state index contributed by atoms with van der Waals surface area (Å²) < 4.78 is 9.89. The van der Waals surface area contributed by atoms with Gasteiger partial charge in [0.2, 0.25) is 0 Å². The number of carbonyl (C=O) groups excluding carboxylic acids is 1. The molecule has 0 amide bonds. The topological polar surface area (TPSA) is 59.3 Å². The number of hydrogen-bond acceptors (Lipinski definition) is 4. The molecule has 0 saturated heterocycles. The van der Waals surface area contributed by atoms with Crippen molar-refractivity contribution in [1.29, 1.82) is 5.26 Å². The molecule has 1 aromatic rings. The van der Waals surface area contributed by atoms with Crippen LogP contribution in [0.2, 0.25) is 0 Å². The second-order valence-corrected chi connectivity index (χ2v) is 3.14. The largest absolute Gasteiger partial charge is 0.492 e. The zero-order valence-corrected chi connectivity index (χ0v) is 9.10. The van der Waals surface area contributed by atoms with E-state index in [1.165, 1.54) is 7.11 Å². The third kappa shape index (κ3) is 3.62. The van der Waals surface area contributed by atoms with Crippen molar-refractivity contribution in [2.75, 3.05) is 13.7 Å². The first-order chi connectivity index (χ1) is 7.77. The normalized spacial score (nSPS) is 9.25. The standard InChI is InChI=1S/C12H13NO3/c1-15-12(14)7-4-8-16-11-6-3-2-5-10(11)9-13/h2-3,5-6H,4,7-8H2,1H3. The smallest absolute Gasteiger partial charge is 0.305 e. The van der Waals surface area contributed by atoms with Crippen LogP contribution in [0.25, 0.3) is 0 Å². The van der Waals surface area contributed by atoms with Crippen molar-refractivity contribution in [1.82, 2.24) is 0 Å². The Morgan fingerprint density at radius 3 is 2.88 bits per heavy atom. The maximum absolute atomic E-state index is 10.8. The van der Waals surface area contributed by atoms with Gasteiger partial charge in [0.05, 0.1) is 19.3 Å². The van der Waals surface area contributed by atoms with E-state index in [-0.39, 0.29) is 5.97 Å². The van der Waals surface area contributed by atoms with E-state index in [1.54, 1.807) is 24.3 Å². The Morgan fingerprint density at radius 1 is 1.44 bits per heavy atom. The number of rotatable bonds is 5. The Labute approximate surface area is 94.4 Å². The van der Waals surface area contributed by atoms with Gasteiger partial charge in [-0.15, -0.1) is 0 Å². The van der Waals surface area contributed by atoms with Crippen LogP contribution in [0.15, 0.2) is 24.3 Å². The fourth-order valence-corrected chi connectivity index (χ4v) is 1.19. The van der Waals surface area contributed by atoms with Crippen LogP contribution >= 0.6 is 0 Å². The van der Waals surface area contributed by atoms with E-state index in [9.17, 15) is 4.79 Å². The molecule has 0 saturated carbocycles. The summed E-state index contributed by atoms with van der Waals surface area (Å²) in [7, 11) is 1.36. The fraction of sp³-hybridized carbons (Fsp3) is 0.333. The van der Waals surface area contributed by atoms with Gasteiger partial charge in [-0.05, 0) is 18.6 Å². The van der Waals surface area contributed by atoms with E-state index in [0.29, 0.717) is 30.8 Å². The van der Waals surface area contributed by atoms with Crippen molar-refractivity contribution in [3.8, 4) is 11.8 Å². The minimum atomic E-state index is -0.253. The first kappa shape index (κ1) is 12.1. The van der Waals surface area contributed by atoms with Gasteiger partial charge in [0, 0.05) is 6.42 Å². The van der Waals surface area contributed by atoms with Gasteiger partial charge in [-0.25, -0.2) is 0 Å². The number of esters is 1. The minimum Gasteiger partial charge on any atom is -0.492 e. The van der Waals surface area contributed by atoms with Gasteiger partial charge in [-0.3, -0.25) is 4.79 Å². The number of carbonyl (C=O) groups is 1. The van der Waals surface area contributed by atoms with Crippen LogP contribution in [-0.4, -0.2) is 19.7 Å². The van der Waals surface area contributed by atoms with Crippen molar-refractivity contribution in [3.05, 3.63) is 29.8 Å². The zero-order chi connectivity index (χ0) is 11.8. The Bertz CT molecular complexity index is 395. The SMILES string of the molecule is COC(=O)CCCOc1ccccc1C#N. The molecule has 1 aromatic carbocycles. The molecule has 0 radical (unpaired) electrons. The molecule has 4 heteroatoms. The highest BCUT2D eigenvalue weighted by atomic mass is 16.5. The number of benzene rings is 1. The molecule has 0 aromatic heterocycles. The average molecular weight is 219 g/mol. The van der Waals surface area contributed by atoms with E-state index in [1.807, 2.05) is 6.07 Å². The Morgan fingerprint density at radius 2 is 2.19 bits per heavy atom. The number of nitrogens with zero attached hydrogens (tertiary/aromatic N) is 1. The summed E-state index contributed by atoms with van der Waals surface area (Å²) in [5, 5.41) is 8.80. The molecule has 0 aliphatic carbocycles. The summed E-state index contributed by atoms with van der Waals surface area (Å²) in [5.74, 6) is 0.298. The highest BCUT2D eigenvalue weighted by molar-refractivity contribution is 5.69. The lowest BCUT2D eigenvalue weighted by atomic mass is 10.2. The quantitative estimate of drug-likeness (QED) is 0.560. The lowest BCUT2D eigenvalue weighted by Crippen LogP contribution is -2.05. The summed E-state index contributed by atoms with van der Waals surface area (Å²) >= 11 is 0. The second-order valence-electron chi connectivity index (χ2n) is 3.14. The molecule has 0 aliphatic rings. The highest BCUT2D eigenvalue weighted by Gasteiger charge is 2.03. The lowest BCUT2D eigenvalue weighted by Gasteiger charge is -2.06. The number of methoxy groups -OCH3 is 1. The van der Waals surface area contributed by atoms with Crippen LogP contribution in [0, 0.1) is 11.3 Å². The van der Waals surface area contributed by atoms with E-state index < -0.39 is 0 Å². The molecule has 0 N–H and O–H groups in total. The van der Waals surface area contributed by atoms with Crippen molar-refractivity contribution in [2.45, 2.75) is 12.8 Å². The van der Waals surface area contributed by atoms with Gasteiger partial charge >= 0.3 is 5.97 Å². The van der Waals surface area contributed by atoms with Crippen LogP contribution in [0.4, 0.5) is 0 Å². The van der Waals surface area contributed by atoms with E-state index in [2.05, 4.69) is 4.74 Å². The van der Waals surface area contributed by atoms with Gasteiger partial charge in [0.1, 0.15) is 11.8 Å². The van der Waals surface area contributed by atoms with Crippen molar-refractivity contribution in [2.24, 2.45) is 0 Å². The Kier molecular flexibility index (Phi) is 4.87. The van der Waals surface area contributed by atoms with Crippen LogP contribution in [0.5, 0.6) is 5.75 Å². The van der Waals surface area contributed by atoms with E-state index in [0.717, 1.165) is 0 Å². The van der Waals surface area contributed by atoms with Gasteiger partial charge in [-0.1, -0.05) is 12.1 Å². The molecule has 0 atom stereocenters. The molecule has 84 valence electrons. The van der Waals surface area contributed by atoms with Gasteiger partial charge < -0.3 is 9.47 Å². The van der Waals surface area contributed by atoms with Gasteiger partial charge in [0.15, 0.2) is 0 Å². The third-order valence-electron chi connectivity index (χ3n) is 2.02. The number of hydrogen-bond donors (Lipinski definition) is 0. The molecular weight excluding hydrogens is 206 g/mol. The summed E-state index contributed by atoms with van der Waals surface area (Å²) in [5.41, 5.74) is 0.501. The molecule has 0 bridgehead atoms. The number of ether oxygens (including phenoxy) is 2. The van der Waals surface area contributed by atoms with Crippen LogP contribution in [0.1, 0.15) is 18.4 Å². The fourth-order valence-electron chi connectivity index (χ4n) is 1.19. The average Bonchev–Trinajstić information content (AvgIpc) is 2.34. The maximum Gasteiger partial charge on any atom is 0.305 e. The summed E-state index contributed by atoms with van der Waals surface area (Å²) in [6.45, 7) is 0.397. The summed E-state index contributed by atoms with van der Waals surface area (Å²) in [6, 6.07) is 9.04. The maximum atomic E-state index is 10.8. The van der Waals surface area contributed by atoms with Gasteiger partial charge in [-0.2, -0.15) is 5.26 Å². The molecule has 0 aliphatic heterocycles. The Balaban J connectivity index is 2.38. The first-order valence-corrected chi connectivity index (χ1v) is 4.96. The highest BCUT2D eigenvalue weighted by Crippen LogP contribution is 2.16. The molecule has 16 heavy (non-hydrogen) atoms. The lowest BCUT2D eigenvalue weighted by molar-refractivity contribution is -0.140. The third-order valence-corrected chi connectivity index (χ3v) is 2.02. The Hall–Kier alpha value is -2.02. The predicted octanol–water partition coefficient (Wildman–Crippen LogP) is 1.89. The van der Waals surface area contributed by atoms with Crippen molar-refractivity contribution in [3.63, 3.8) is 0 Å². The number of para-hydroxylation sites is 1. The molecule has 0 heterocycles. The van der Waals surface area contributed by atoms with Crippen molar-refractivity contribution < 1.29 is 14.3 Å². The van der Waals surface area contributed by atoms with E-state index >= 15 is 0 Å². The van der Waals surface area contributed by atoms with E-state index in [4.69, 9.17) is 10.00 Å². The van der Waals surface area contributed by atoms with Crippen LogP contribution < -0.4 is 4.74 Å². The summed E-state index contributed by atoms with van der Waals surface area (Å²) in [4.78, 5) is 10.8. The van der Waals surface area contributed by atoms with Gasteiger partial charge in [0.25, 0.3) is 0 Å². The monoisotopic (exact) mass is 219 g/mol. The molecule has 0 fully saturated rings. The second kappa shape index (κ2) is 6.46. The zero-order valence-electron chi connectivity index (χ0n) is 9.10. The summed E-state index contributed by atoms with van der Waals surface area (Å²) in [6.07, 6.45) is 0.900. The molecular formula is C12H13NO3. The molecule has 0 spiro atoms. The molecule has 4 nitrogen and oxygen atoms in total. The number of nitriles is 1. The predicted molar refractivity (Wildman–Crippen MR) is 57.9 cm³/mol. The first-order valence-electron chi connectivity index (χ1n) is 4.96.